The van der Waals surface area contributed by atoms with Crippen LogP contribution in [-0.4, -0.2) is 12.1 Å². The van der Waals surface area contributed by atoms with E-state index in [0.29, 0.717) is 29.9 Å². The molecule has 0 atom stereocenters. The maximum atomic E-state index is 11.7. The monoisotopic (exact) mass is 274 g/mol. The van der Waals surface area contributed by atoms with Crippen LogP contribution in [0.3, 0.4) is 0 Å². The molecule has 0 saturated heterocycles. The van der Waals surface area contributed by atoms with Gasteiger partial charge < -0.3 is 19.5 Å². The van der Waals surface area contributed by atoms with E-state index < -0.39 is 0 Å². The van der Waals surface area contributed by atoms with Crippen molar-refractivity contribution in [3.05, 3.63) is 36.3 Å². The van der Waals surface area contributed by atoms with Crippen LogP contribution in [0.25, 0.3) is 11.5 Å². The Morgan fingerprint density at radius 2 is 2.05 bits per heavy atom. The quantitative estimate of drug-likeness (QED) is 0.899. The molecule has 0 bridgehead atoms. The predicted octanol–water partition coefficient (Wildman–Crippen LogP) is 3.28. The fourth-order valence-electron chi connectivity index (χ4n) is 2.50. The number of amides is 2. The summed E-state index contributed by atoms with van der Waals surface area (Å²) >= 11 is 0. The number of rotatable bonds is 4. The molecule has 2 heterocycles. The lowest BCUT2D eigenvalue weighted by Gasteiger charge is -2.12. The molecule has 0 aromatic carbocycles. The van der Waals surface area contributed by atoms with E-state index in [9.17, 15) is 4.79 Å². The Balaban J connectivity index is 1.49. The molecule has 2 aromatic heterocycles. The van der Waals surface area contributed by atoms with Crippen molar-refractivity contribution in [3.63, 3.8) is 0 Å². The van der Waals surface area contributed by atoms with Crippen molar-refractivity contribution in [1.29, 1.82) is 0 Å². The van der Waals surface area contributed by atoms with Crippen molar-refractivity contribution in [3.8, 4) is 11.5 Å². The fraction of sp³-hybridized carbons (Fsp3) is 0.400. The smallest absolute Gasteiger partial charge is 0.315 e. The molecule has 1 aliphatic carbocycles. The minimum atomic E-state index is -0.132. The van der Waals surface area contributed by atoms with Crippen LogP contribution in [0.4, 0.5) is 4.79 Å². The summed E-state index contributed by atoms with van der Waals surface area (Å²) in [5.41, 5.74) is 0. The molecule has 5 nitrogen and oxygen atoms in total. The molecule has 0 aliphatic heterocycles. The van der Waals surface area contributed by atoms with Gasteiger partial charge in [0, 0.05) is 6.04 Å². The SMILES string of the molecule is O=C(NCc1ccc(-c2ccco2)o1)NC1CCCC1. The van der Waals surface area contributed by atoms with Crippen LogP contribution >= 0.6 is 0 Å². The van der Waals surface area contributed by atoms with Crippen molar-refractivity contribution >= 4 is 6.03 Å². The van der Waals surface area contributed by atoms with Crippen molar-refractivity contribution in [2.45, 2.75) is 38.3 Å². The molecule has 2 aromatic rings. The third kappa shape index (κ3) is 3.04. The number of carbonyl (C=O) groups excluding carboxylic acids is 1. The van der Waals surface area contributed by atoms with Gasteiger partial charge in [0.1, 0.15) is 5.76 Å². The molecule has 1 aliphatic rings. The molecule has 0 spiro atoms. The molecule has 20 heavy (non-hydrogen) atoms. The highest BCUT2D eigenvalue weighted by Gasteiger charge is 2.17. The first kappa shape index (κ1) is 12.8. The van der Waals surface area contributed by atoms with Gasteiger partial charge in [-0.1, -0.05) is 12.8 Å². The lowest BCUT2D eigenvalue weighted by Crippen LogP contribution is -2.40. The number of hydrogen-bond acceptors (Lipinski definition) is 3. The van der Waals surface area contributed by atoms with Gasteiger partial charge in [-0.25, -0.2) is 4.79 Å². The summed E-state index contributed by atoms with van der Waals surface area (Å²) in [6.45, 7) is 0.374. The Kier molecular flexibility index (Phi) is 3.76. The van der Waals surface area contributed by atoms with E-state index in [0.717, 1.165) is 12.8 Å². The second kappa shape index (κ2) is 5.86. The number of carbonyl (C=O) groups is 1. The van der Waals surface area contributed by atoms with Crippen LogP contribution in [-0.2, 0) is 6.54 Å². The van der Waals surface area contributed by atoms with E-state index in [1.54, 1.807) is 6.26 Å². The van der Waals surface area contributed by atoms with Crippen LogP contribution in [0.1, 0.15) is 31.4 Å². The molecule has 5 heteroatoms. The van der Waals surface area contributed by atoms with Crippen LogP contribution < -0.4 is 10.6 Å². The summed E-state index contributed by atoms with van der Waals surface area (Å²) in [7, 11) is 0. The minimum absolute atomic E-state index is 0.132. The molecular formula is C15H18N2O3. The van der Waals surface area contributed by atoms with Gasteiger partial charge in [0.15, 0.2) is 11.5 Å². The molecule has 0 radical (unpaired) electrons. The lowest BCUT2D eigenvalue weighted by molar-refractivity contribution is 0.236. The molecule has 1 fully saturated rings. The van der Waals surface area contributed by atoms with E-state index in [-0.39, 0.29) is 6.03 Å². The fourth-order valence-corrected chi connectivity index (χ4v) is 2.50. The lowest BCUT2D eigenvalue weighted by atomic mass is 10.2. The number of hydrogen-bond donors (Lipinski definition) is 2. The van der Waals surface area contributed by atoms with Crippen LogP contribution in [0.5, 0.6) is 0 Å². The number of furan rings is 2. The second-order valence-electron chi connectivity index (χ2n) is 5.05. The van der Waals surface area contributed by atoms with Crippen molar-refractivity contribution in [1.82, 2.24) is 10.6 Å². The van der Waals surface area contributed by atoms with Gasteiger partial charge in [-0.15, -0.1) is 0 Å². The van der Waals surface area contributed by atoms with Crippen molar-refractivity contribution in [2.24, 2.45) is 0 Å². The first-order chi connectivity index (χ1) is 9.81. The van der Waals surface area contributed by atoms with E-state index in [4.69, 9.17) is 8.83 Å². The van der Waals surface area contributed by atoms with Crippen molar-refractivity contribution < 1.29 is 13.6 Å². The summed E-state index contributed by atoms with van der Waals surface area (Å²) in [6.07, 6.45) is 6.17. The third-order valence-corrected chi connectivity index (χ3v) is 3.54. The summed E-state index contributed by atoms with van der Waals surface area (Å²) in [5, 5.41) is 5.78. The van der Waals surface area contributed by atoms with Crippen LogP contribution in [0.2, 0.25) is 0 Å². The van der Waals surface area contributed by atoms with E-state index >= 15 is 0 Å². The summed E-state index contributed by atoms with van der Waals surface area (Å²) in [4.78, 5) is 11.7. The Hall–Kier alpha value is -2.17. The highest BCUT2D eigenvalue weighted by molar-refractivity contribution is 5.74. The zero-order valence-corrected chi connectivity index (χ0v) is 11.2. The Bertz CT molecular complexity index is 553. The summed E-state index contributed by atoms with van der Waals surface area (Å²) in [5.74, 6) is 2.06. The normalized spacial score (nSPS) is 15.4. The second-order valence-corrected chi connectivity index (χ2v) is 5.05. The highest BCUT2D eigenvalue weighted by atomic mass is 16.4. The van der Waals surface area contributed by atoms with Crippen LogP contribution in [0, 0.1) is 0 Å². The van der Waals surface area contributed by atoms with Gasteiger partial charge in [-0.3, -0.25) is 0 Å². The zero-order valence-electron chi connectivity index (χ0n) is 11.2. The first-order valence-electron chi connectivity index (χ1n) is 6.98. The van der Waals surface area contributed by atoms with Gasteiger partial charge in [-0.05, 0) is 37.1 Å². The van der Waals surface area contributed by atoms with Gasteiger partial charge >= 0.3 is 6.03 Å². The van der Waals surface area contributed by atoms with Gasteiger partial charge in [0.25, 0.3) is 0 Å². The standard InChI is InChI=1S/C15H18N2O3/c18-15(17-11-4-1-2-5-11)16-10-12-7-8-14(20-12)13-6-3-9-19-13/h3,6-9,11H,1-2,4-5,10H2,(H2,16,17,18). The molecule has 2 amide bonds. The largest absolute Gasteiger partial charge is 0.461 e. The Morgan fingerprint density at radius 3 is 2.80 bits per heavy atom. The minimum Gasteiger partial charge on any atom is -0.461 e. The van der Waals surface area contributed by atoms with Gasteiger partial charge in [-0.2, -0.15) is 0 Å². The van der Waals surface area contributed by atoms with Crippen LogP contribution in [0.15, 0.2) is 39.4 Å². The molecule has 1 saturated carbocycles. The average Bonchev–Trinajstić information content (AvgIpc) is 3.18. The van der Waals surface area contributed by atoms with Gasteiger partial charge in [0.05, 0.1) is 12.8 Å². The maximum Gasteiger partial charge on any atom is 0.315 e. The van der Waals surface area contributed by atoms with E-state index in [1.807, 2.05) is 24.3 Å². The predicted molar refractivity (Wildman–Crippen MR) is 74.0 cm³/mol. The molecule has 0 unspecified atom stereocenters. The molecule has 2 N–H and O–H groups in total. The van der Waals surface area contributed by atoms with E-state index in [2.05, 4.69) is 10.6 Å². The first-order valence-corrected chi connectivity index (χ1v) is 6.98. The Morgan fingerprint density at radius 1 is 1.20 bits per heavy atom. The number of urea groups is 1. The van der Waals surface area contributed by atoms with Gasteiger partial charge in [0.2, 0.25) is 0 Å². The Labute approximate surface area is 117 Å². The topological polar surface area (TPSA) is 67.4 Å². The molecular weight excluding hydrogens is 256 g/mol. The zero-order chi connectivity index (χ0) is 13.8. The van der Waals surface area contributed by atoms with E-state index in [1.165, 1.54) is 12.8 Å². The molecule has 3 rings (SSSR count). The third-order valence-electron chi connectivity index (χ3n) is 3.54. The average molecular weight is 274 g/mol. The maximum absolute atomic E-state index is 11.7. The highest BCUT2D eigenvalue weighted by Crippen LogP contribution is 2.22. The summed E-state index contributed by atoms with van der Waals surface area (Å²) < 4.78 is 10.9. The number of nitrogens with one attached hydrogen (secondary N) is 2. The molecule has 106 valence electrons. The van der Waals surface area contributed by atoms with Crippen molar-refractivity contribution in [2.75, 3.05) is 0 Å². The summed E-state index contributed by atoms with van der Waals surface area (Å²) in [6, 6.07) is 7.52.